The summed E-state index contributed by atoms with van der Waals surface area (Å²) in [5.41, 5.74) is 2.43. The first kappa shape index (κ1) is 12.8. The maximum atomic E-state index is 11.4. The zero-order valence-corrected chi connectivity index (χ0v) is 11.4. The van der Waals surface area contributed by atoms with Gasteiger partial charge in [-0.2, -0.15) is 10.1 Å². The van der Waals surface area contributed by atoms with Crippen molar-refractivity contribution >= 4 is 32.7 Å². The van der Waals surface area contributed by atoms with Crippen molar-refractivity contribution in [3.8, 4) is 11.3 Å². The average Bonchev–Trinajstić information content (AvgIpc) is 2.99. The fraction of sp³-hybridized carbons (Fsp3) is 0.154. The van der Waals surface area contributed by atoms with Crippen LogP contribution >= 0.6 is 11.3 Å². The van der Waals surface area contributed by atoms with Crippen molar-refractivity contribution in [3.63, 3.8) is 0 Å². The maximum absolute atomic E-state index is 11.4. The predicted molar refractivity (Wildman–Crippen MR) is 77.5 cm³/mol. The summed E-state index contributed by atoms with van der Waals surface area (Å²) >= 11 is 1.32. The van der Waals surface area contributed by atoms with Gasteiger partial charge in [-0.3, -0.25) is 15.2 Å². The number of fused-ring (bicyclic) bond motifs is 1. The van der Waals surface area contributed by atoms with Gasteiger partial charge in [-0.25, -0.2) is 0 Å². The minimum atomic E-state index is -1.07. The first-order valence-corrected chi connectivity index (χ1v) is 6.86. The molecular weight excluding hydrogens is 276 g/mol. The molecule has 3 N–H and O–H groups in total. The van der Waals surface area contributed by atoms with Gasteiger partial charge in [0, 0.05) is 5.56 Å². The van der Waals surface area contributed by atoms with Crippen LogP contribution in [0.2, 0.25) is 0 Å². The van der Waals surface area contributed by atoms with Gasteiger partial charge in [-0.05, 0) is 6.92 Å². The van der Waals surface area contributed by atoms with Crippen molar-refractivity contribution in [2.24, 2.45) is 0 Å². The minimum Gasteiger partial charge on any atom is -0.384 e. The summed E-state index contributed by atoms with van der Waals surface area (Å²) in [5.74, 6) is -0.480. The first-order chi connectivity index (χ1) is 9.65. The van der Waals surface area contributed by atoms with E-state index in [0.717, 1.165) is 16.0 Å². The number of aliphatic hydroxyl groups is 1. The van der Waals surface area contributed by atoms with Crippen LogP contribution < -0.4 is 5.32 Å². The van der Waals surface area contributed by atoms with E-state index in [0.29, 0.717) is 10.8 Å². The lowest BCUT2D eigenvalue weighted by molar-refractivity contribution is -0.123. The summed E-state index contributed by atoms with van der Waals surface area (Å²) in [4.78, 5) is 15.7. The van der Waals surface area contributed by atoms with Gasteiger partial charge in [0.05, 0.1) is 5.69 Å². The van der Waals surface area contributed by atoms with Crippen LogP contribution in [-0.2, 0) is 4.79 Å². The average molecular weight is 288 g/mol. The zero-order chi connectivity index (χ0) is 14.1. The molecule has 1 atom stereocenters. The number of rotatable bonds is 3. The second kappa shape index (κ2) is 5.03. The number of anilines is 1. The highest BCUT2D eigenvalue weighted by atomic mass is 32.1. The van der Waals surface area contributed by atoms with Crippen molar-refractivity contribution in [2.75, 3.05) is 5.32 Å². The normalized spacial score (nSPS) is 12.5. The highest BCUT2D eigenvalue weighted by Crippen LogP contribution is 2.32. The van der Waals surface area contributed by atoms with Gasteiger partial charge in [0.25, 0.3) is 5.91 Å². The van der Waals surface area contributed by atoms with Gasteiger partial charge in [-0.1, -0.05) is 41.7 Å². The van der Waals surface area contributed by atoms with Gasteiger partial charge in [0.2, 0.25) is 0 Å². The Balaban J connectivity index is 1.97. The molecule has 2 heterocycles. The second-order valence-corrected chi connectivity index (χ2v) is 5.30. The number of carbonyl (C=O) groups excluding carboxylic acids is 1. The summed E-state index contributed by atoms with van der Waals surface area (Å²) in [7, 11) is 0. The summed E-state index contributed by atoms with van der Waals surface area (Å²) in [6.07, 6.45) is -1.07. The van der Waals surface area contributed by atoms with Crippen molar-refractivity contribution in [1.29, 1.82) is 0 Å². The smallest absolute Gasteiger partial charge is 0.254 e. The summed E-state index contributed by atoms with van der Waals surface area (Å²) in [5, 5.41) is 19.3. The van der Waals surface area contributed by atoms with E-state index in [1.165, 1.54) is 18.3 Å². The highest BCUT2D eigenvalue weighted by molar-refractivity contribution is 7.22. The Morgan fingerprint density at radius 3 is 2.85 bits per heavy atom. The molecule has 102 valence electrons. The SMILES string of the molecule is C[C@@H](O)C(=O)Nc1nc2n[nH]c(-c3ccccc3)c2s1. The largest absolute Gasteiger partial charge is 0.384 e. The number of thiazole rings is 1. The number of hydrogen-bond donors (Lipinski definition) is 3. The topological polar surface area (TPSA) is 90.9 Å². The number of nitrogens with zero attached hydrogens (tertiary/aromatic N) is 2. The molecule has 20 heavy (non-hydrogen) atoms. The van der Waals surface area contributed by atoms with Gasteiger partial charge in [-0.15, -0.1) is 0 Å². The molecular formula is C13H12N4O2S. The Kier molecular flexibility index (Phi) is 3.21. The van der Waals surface area contributed by atoms with E-state index in [2.05, 4.69) is 20.5 Å². The molecule has 2 aromatic heterocycles. The number of amides is 1. The van der Waals surface area contributed by atoms with Gasteiger partial charge in [0.1, 0.15) is 10.8 Å². The third-order valence-corrected chi connectivity index (χ3v) is 3.76. The van der Waals surface area contributed by atoms with Gasteiger partial charge >= 0.3 is 0 Å². The molecule has 1 amide bonds. The molecule has 0 aliphatic rings. The van der Waals surface area contributed by atoms with Crippen LogP contribution in [0.1, 0.15) is 6.92 Å². The lowest BCUT2D eigenvalue weighted by Crippen LogP contribution is -2.24. The summed E-state index contributed by atoms with van der Waals surface area (Å²) in [6, 6.07) is 9.78. The number of carbonyl (C=O) groups is 1. The van der Waals surface area contributed by atoms with Crippen molar-refractivity contribution in [3.05, 3.63) is 30.3 Å². The third-order valence-electron chi connectivity index (χ3n) is 2.78. The lowest BCUT2D eigenvalue weighted by Gasteiger charge is -2.02. The van der Waals surface area contributed by atoms with Crippen molar-refractivity contribution < 1.29 is 9.90 Å². The Hall–Kier alpha value is -2.25. The van der Waals surface area contributed by atoms with Crippen LogP contribution in [0.4, 0.5) is 5.13 Å². The molecule has 0 aliphatic heterocycles. The van der Waals surface area contributed by atoms with Gasteiger partial charge < -0.3 is 5.11 Å². The molecule has 0 spiro atoms. The Morgan fingerprint density at radius 2 is 2.15 bits per heavy atom. The fourth-order valence-corrected chi connectivity index (χ4v) is 2.70. The molecule has 1 aromatic carbocycles. The Labute approximate surface area is 118 Å². The number of nitrogens with one attached hydrogen (secondary N) is 2. The molecule has 0 aliphatic carbocycles. The number of aromatic nitrogens is 3. The molecule has 0 bridgehead atoms. The van der Waals surface area contributed by atoms with Crippen molar-refractivity contribution in [2.45, 2.75) is 13.0 Å². The van der Waals surface area contributed by atoms with Crippen LogP contribution in [0.3, 0.4) is 0 Å². The number of H-pyrrole nitrogens is 1. The quantitative estimate of drug-likeness (QED) is 0.687. The first-order valence-electron chi connectivity index (χ1n) is 6.04. The van der Waals surface area contributed by atoms with Gasteiger partial charge in [0.15, 0.2) is 10.8 Å². The molecule has 0 unspecified atom stereocenters. The molecule has 0 radical (unpaired) electrons. The third kappa shape index (κ3) is 2.28. The minimum absolute atomic E-state index is 0.430. The molecule has 7 heteroatoms. The van der Waals surface area contributed by atoms with E-state index in [1.807, 2.05) is 30.3 Å². The van der Waals surface area contributed by atoms with E-state index >= 15 is 0 Å². The van der Waals surface area contributed by atoms with E-state index < -0.39 is 12.0 Å². The van der Waals surface area contributed by atoms with Crippen LogP contribution in [-0.4, -0.2) is 32.3 Å². The molecule has 6 nitrogen and oxygen atoms in total. The molecule has 0 saturated carbocycles. The zero-order valence-electron chi connectivity index (χ0n) is 10.6. The molecule has 3 aromatic rings. The number of aliphatic hydroxyl groups excluding tert-OH is 1. The summed E-state index contributed by atoms with van der Waals surface area (Å²) in [6.45, 7) is 1.41. The lowest BCUT2D eigenvalue weighted by atomic mass is 10.2. The fourth-order valence-electron chi connectivity index (χ4n) is 1.77. The van der Waals surface area contributed by atoms with E-state index in [1.54, 1.807) is 0 Å². The second-order valence-electron chi connectivity index (χ2n) is 4.30. The number of hydrogen-bond acceptors (Lipinski definition) is 5. The number of benzene rings is 1. The van der Waals surface area contributed by atoms with Crippen LogP contribution in [0.5, 0.6) is 0 Å². The van der Waals surface area contributed by atoms with E-state index in [9.17, 15) is 9.90 Å². The molecule has 3 rings (SSSR count). The molecule has 0 fully saturated rings. The van der Waals surface area contributed by atoms with E-state index in [4.69, 9.17) is 0 Å². The standard InChI is InChI=1S/C13H12N4O2S/c1-7(18)12(19)15-13-14-11-10(20-13)9(16-17-11)8-5-3-2-4-6-8/h2-7,18H,1H3,(H2,14,15,16,17,19)/t7-/m1/s1. The molecule has 0 saturated heterocycles. The summed E-state index contributed by atoms with van der Waals surface area (Å²) < 4.78 is 0.872. The van der Waals surface area contributed by atoms with Crippen LogP contribution in [0, 0.1) is 0 Å². The van der Waals surface area contributed by atoms with Crippen molar-refractivity contribution in [1.82, 2.24) is 15.2 Å². The Bertz CT molecular complexity index is 748. The monoisotopic (exact) mass is 288 g/mol. The Morgan fingerprint density at radius 1 is 1.40 bits per heavy atom. The van der Waals surface area contributed by atoms with Crippen LogP contribution in [0.15, 0.2) is 30.3 Å². The number of aromatic amines is 1. The predicted octanol–water partition coefficient (Wildman–Crippen LogP) is 2.01. The van der Waals surface area contributed by atoms with E-state index in [-0.39, 0.29) is 0 Å². The highest BCUT2D eigenvalue weighted by Gasteiger charge is 2.16. The maximum Gasteiger partial charge on any atom is 0.254 e. The van der Waals surface area contributed by atoms with Crippen LogP contribution in [0.25, 0.3) is 21.6 Å².